The zero-order valence-corrected chi connectivity index (χ0v) is 13.9. The third-order valence-electron chi connectivity index (χ3n) is 3.05. The summed E-state index contributed by atoms with van der Waals surface area (Å²) >= 11 is 0. The van der Waals surface area contributed by atoms with Crippen molar-refractivity contribution in [1.82, 2.24) is 10.3 Å². The van der Waals surface area contributed by atoms with Crippen LogP contribution in [-0.2, 0) is 6.54 Å². The second kappa shape index (κ2) is 7.71. The number of oxazole rings is 1. The molecule has 0 bridgehead atoms. The molecule has 0 saturated heterocycles. The van der Waals surface area contributed by atoms with Gasteiger partial charge in [-0.2, -0.15) is 0 Å². The van der Waals surface area contributed by atoms with E-state index in [9.17, 15) is 4.79 Å². The molecule has 0 aliphatic rings. The molecule has 6 nitrogen and oxygen atoms in total. The van der Waals surface area contributed by atoms with Crippen molar-refractivity contribution in [2.45, 2.75) is 20.4 Å². The fourth-order valence-electron chi connectivity index (χ4n) is 1.91. The normalized spacial score (nSPS) is 10.6. The van der Waals surface area contributed by atoms with E-state index in [0.29, 0.717) is 42.2 Å². The van der Waals surface area contributed by atoms with E-state index in [1.807, 2.05) is 18.2 Å². The minimum atomic E-state index is -0.108. The lowest BCUT2D eigenvalue weighted by Gasteiger charge is -2.13. The van der Waals surface area contributed by atoms with Crippen LogP contribution in [0.4, 0.5) is 4.79 Å². The summed E-state index contributed by atoms with van der Waals surface area (Å²) in [6.07, 6.45) is 1.53. The smallest absolute Gasteiger partial charge is 0.226 e. The lowest BCUT2D eigenvalue weighted by molar-refractivity contribution is 0.257. The third-order valence-corrected chi connectivity index (χ3v) is 3.05. The number of carbonyl (C=O) groups is 1. The molecule has 0 saturated carbocycles. The van der Waals surface area contributed by atoms with Gasteiger partial charge in [-0.1, -0.05) is 13.8 Å². The third kappa shape index (κ3) is 4.77. The summed E-state index contributed by atoms with van der Waals surface area (Å²) in [6.45, 7) is 5.10. The average Bonchev–Trinajstić information content (AvgIpc) is 2.99. The van der Waals surface area contributed by atoms with Gasteiger partial charge in [0.05, 0.1) is 26.0 Å². The minimum Gasteiger partial charge on any atom is -0.493 e. The highest BCUT2D eigenvalue weighted by Gasteiger charge is 2.12. The highest BCUT2D eigenvalue weighted by molar-refractivity contribution is 6.57. The Morgan fingerprint density at radius 1 is 1.39 bits per heavy atom. The molecule has 7 heteroatoms. The lowest BCUT2D eigenvalue weighted by atomic mass is 10.1. The molecule has 122 valence electrons. The first-order chi connectivity index (χ1) is 11.0. The number of nitrogens with one attached hydrogen (secondary N) is 1. The Kier molecular flexibility index (Phi) is 5.68. The number of amides is 1. The van der Waals surface area contributed by atoms with E-state index >= 15 is 0 Å². The van der Waals surface area contributed by atoms with Gasteiger partial charge < -0.3 is 19.2 Å². The van der Waals surface area contributed by atoms with Crippen molar-refractivity contribution in [3.8, 4) is 23.0 Å². The van der Waals surface area contributed by atoms with Crippen molar-refractivity contribution in [3.05, 3.63) is 30.2 Å². The molecule has 0 aliphatic carbocycles. The van der Waals surface area contributed by atoms with Crippen LogP contribution in [0.1, 0.15) is 19.5 Å². The number of aromatic nitrogens is 1. The highest BCUT2D eigenvalue weighted by Crippen LogP contribution is 2.32. The molecule has 0 fully saturated rings. The SMILES string of the molecule is BC(=O)NCc1coc(-c2ccc(OC)c(OCC(C)C)c2)n1. The Morgan fingerprint density at radius 2 is 2.17 bits per heavy atom. The summed E-state index contributed by atoms with van der Waals surface area (Å²) in [5, 5.41) is 2.68. The first-order valence-electron chi connectivity index (χ1n) is 7.49. The van der Waals surface area contributed by atoms with Crippen molar-refractivity contribution in [3.63, 3.8) is 0 Å². The Morgan fingerprint density at radius 3 is 2.83 bits per heavy atom. The molecule has 1 aromatic carbocycles. The first-order valence-corrected chi connectivity index (χ1v) is 7.49. The van der Waals surface area contributed by atoms with Crippen molar-refractivity contribution in [2.24, 2.45) is 5.92 Å². The maximum Gasteiger partial charge on any atom is 0.226 e. The molecule has 0 spiro atoms. The molecule has 2 rings (SSSR count). The van der Waals surface area contributed by atoms with Gasteiger partial charge in [0, 0.05) is 5.56 Å². The Balaban J connectivity index is 2.18. The standard InChI is InChI=1S/C16H21BN2O4/c1-10(2)8-22-14-6-11(4-5-13(14)21-3)15-19-12(9-23-15)7-18-16(17)20/h4-6,9-10H,7-8,17H2,1-3H3,(H,18,20). The number of ether oxygens (including phenoxy) is 2. The van der Waals surface area contributed by atoms with E-state index in [0.717, 1.165) is 5.56 Å². The van der Waals surface area contributed by atoms with Crippen LogP contribution in [-0.4, -0.2) is 32.4 Å². The highest BCUT2D eigenvalue weighted by atomic mass is 16.5. The maximum absolute atomic E-state index is 10.9. The summed E-state index contributed by atoms with van der Waals surface area (Å²) in [4.78, 5) is 15.3. The lowest BCUT2D eigenvalue weighted by Crippen LogP contribution is -2.20. The molecule has 1 amide bonds. The molecular formula is C16H21BN2O4. The number of hydrogen-bond acceptors (Lipinski definition) is 5. The van der Waals surface area contributed by atoms with Gasteiger partial charge in [0.25, 0.3) is 0 Å². The quantitative estimate of drug-likeness (QED) is 0.793. The monoisotopic (exact) mass is 316 g/mol. The number of carbonyl (C=O) groups excluding carboxylic acids is 1. The fraction of sp³-hybridized carbons (Fsp3) is 0.375. The van der Waals surface area contributed by atoms with E-state index in [1.54, 1.807) is 7.11 Å². The van der Waals surface area contributed by atoms with Gasteiger partial charge in [-0.15, -0.1) is 0 Å². The topological polar surface area (TPSA) is 73.6 Å². The maximum atomic E-state index is 10.9. The largest absolute Gasteiger partial charge is 0.493 e. The van der Waals surface area contributed by atoms with E-state index < -0.39 is 0 Å². The number of hydrogen-bond donors (Lipinski definition) is 1. The molecule has 1 aromatic heterocycles. The Bertz CT molecular complexity index is 670. The van der Waals surface area contributed by atoms with Gasteiger partial charge in [0.2, 0.25) is 13.7 Å². The summed E-state index contributed by atoms with van der Waals surface area (Å²) in [5.41, 5.74) is 1.45. The number of rotatable bonds is 7. The second-order valence-corrected chi connectivity index (χ2v) is 5.62. The Hall–Kier alpha value is -2.44. The summed E-state index contributed by atoms with van der Waals surface area (Å²) in [6, 6.07) is 5.52. The van der Waals surface area contributed by atoms with Crippen LogP contribution in [0.15, 0.2) is 28.9 Å². The number of methoxy groups -OCH3 is 1. The molecule has 2 aromatic rings. The van der Waals surface area contributed by atoms with E-state index in [1.165, 1.54) is 14.1 Å². The van der Waals surface area contributed by atoms with Crippen LogP contribution in [0.25, 0.3) is 11.5 Å². The average molecular weight is 316 g/mol. The van der Waals surface area contributed by atoms with E-state index in [-0.39, 0.29) is 5.81 Å². The van der Waals surface area contributed by atoms with Crippen LogP contribution >= 0.6 is 0 Å². The predicted octanol–water partition coefficient (Wildman–Crippen LogP) is 2.23. The Labute approximate surface area is 136 Å². The van der Waals surface area contributed by atoms with Gasteiger partial charge in [-0.3, -0.25) is 4.79 Å². The van der Waals surface area contributed by atoms with Crippen LogP contribution in [0.5, 0.6) is 11.5 Å². The molecule has 0 aliphatic heterocycles. The van der Waals surface area contributed by atoms with Gasteiger partial charge in [-0.25, -0.2) is 4.98 Å². The molecular weight excluding hydrogens is 295 g/mol. The van der Waals surface area contributed by atoms with Gasteiger partial charge in [-0.05, 0) is 24.1 Å². The van der Waals surface area contributed by atoms with E-state index in [4.69, 9.17) is 13.9 Å². The zero-order valence-electron chi connectivity index (χ0n) is 13.9. The molecule has 1 heterocycles. The van der Waals surface area contributed by atoms with Crippen molar-refractivity contribution < 1.29 is 18.7 Å². The molecule has 0 unspecified atom stereocenters. The summed E-state index contributed by atoms with van der Waals surface area (Å²) in [5.74, 6) is 2.10. The summed E-state index contributed by atoms with van der Waals surface area (Å²) < 4.78 is 16.6. The summed E-state index contributed by atoms with van der Waals surface area (Å²) in [7, 11) is 3.07. The minimum absolute atomic E-state index is 0.108. The van der Waals surface area contributed by atoms with Crippen LogP contribution < -0.4 is 14.8 Å². The van der Waals surface area contributed by atoms with Crippen molar-refractivity contribution in [1.29, 1.82) is 0 Å². The molecule has 1 N–H and O–H groups in total. The van der Waals surface area contributed by atoms with Crippen LogP contribution in [0.2, 0.25) is 0 Å². The van der Waals surface area contributed by atoms with Gasteiger partial charge >= 0.3 is 0 Å². The van der Waals surface area contributed by atoms with E-state index in [2.05, 4.69) is 24.1 Å². The van der Waals surface area contributed by atoms with Gasteiger partial charge in [0.1, 0.15) is 6.26 Å². The molecule has 23 heavy (non-hydrogen) atoms. The predicted molar refractivity (Wildman–Crippen MR) is 89.6 cm³/mol. The van der Waals surface area contributed by atoms with Gasteiger partial charge in [0.15, 0.2) is 17.3 Å². The van der Waals surface area contributed by atoms with Crippen molar-refractivity contribution in [2.75, 3.05) is 13.7 Å². The number of nitrogens with zero attached hydrogens (tertiary/aromatic N) is 1. The van der Waals surface area contributed by atoms with Crippen molar-refractivity contribution >= 4 is 13.7 Å². The first kappa shape index (κ1) is 16.9. The number of benzene rings is 1. The second-order valence-electron chi connectivity index (χ2n) is 5.62. The van der Waals surface area contributed by atoms with Crippen LogP contribution in [0.3, 0.4) is 0 Å². The molecule has 0 atom stereocenters. The fourth-order valence-corrected chi connectivity index (χ4v) is 1.91. The molecule has 0 radical (unpaired) electrons. The van der Waals surface area contributed by atoms with Crippen LogP contribution in [0, 0.1) is 5.92 Å². The zero-order chi connectivity index (χ0) is 16.8.